The number of hydrogen-bond donors (Lipinski definition) is 1. The van der Waals surface area contributed by atoms with Gasteiger partial charge in [-0.15, -0.1) is 0 Å². The number of morpholine rings is 1. The van der Waals surface area contributed by atoms with Gasteiger partial charge in [0.2, 0.25) is 0 Å². The third-order valence-corrected chi connectivity index (χ3v) is 7.70. The second kappa shape index (κ2) is 10.00. The van der Waals surface area contributed by atoms with Crippen LogP contribution in [0.3, 0.4) is 0 Å². The number of nitrogens with zero attached hydrogens (tertiary/aromatic N) is 4. The van der Waals surface area contributed by atoms with Crippen molar-refractivity contribution in [1.82, 2.24) is 14.9 Å². The molecule has 2 saturated heterocycles. The minimum atomic E-state index is -0.501. The normalized spacial score (nSPS) is 18.6. The van der Waals surface area contributed by atoms with E-state index in [-0.39, 0.29) is 10.8 Å². The number of hydrogen-bond acceptors (Lipinski definition) is 8. The van der Waals surface area contributed by atoms with E-state index in [0.29, 0.717) is 37.8 Å². The van der Waals surface area contributed by atoms with E-state index in [1.165, 1.54) is 0 Å². The van der Waals surface area contributed by atoms with Gasteiger partial charge in [0.1, 0.15) is 11.4 Å². The maximum absolute atomic E-state index is 12.6. The van der Waals surface area contributed by atoms with E-state index in [1.54, 1.807) is 11.8 Å². The summed E-state index contributed by atoms with van der Waals surface area (Å²) >= 11 is 1.80. The molecule has 2 aromatic rings. The summed E-state index contributed by atoms with van der Waals surface area (Å²) in [5.74, 6) is 1.62. The molecule has 1 amide bonds. The molecule has 0 unspecified atom stereocenters. The topological polar surface area (TPSA) is 93.8 Å². The number of nitrogens with two attached hydrogens (primary N) is 1. The number of carbonyl (C=O) groups is 1. The molecule has 0 spiro atoms. The molecule has 8 nitrogen and oxygen atoms in total. The summed E-state index contributed by atoms with van der Waals surface area (Å²) in [7, 11) is 0. The SMILES string of the molecule is CSC1(c2cc(N3CCOCC3)nc(-c3ccc(N)cc3)n2)CCN(C(=O)OC(C)(C)C)CC1. The lowest BCUT2D eigenvalue weighted by Gasteiger charge is -2.41. The molecule has 2 fully saturated rings. The van der Waals surface area contributed by atoms with Crippen LogP contribution in [-0.4, -0.2) is 72.2 Å². The Bertz CT molecular complexity index is 995. The monoisotopic (exact) mass is 485 g/mol. The van der Waals surface area contributed by atoms with Gasteiger partial charge < -0.3 is 25.0 Å². The maximum Gasteiger partial charge on any atom is 0.410 e. The number of anilines is 2. The van der Waals surface area contributed by atoms with Gasteiger partial charge in [0.15, 0.2) is 5.82 Å². The molecule has 1 aromatic carbocycles. The predicted octanol–water partition coefficient (Wildman–Crippen LogP) is 4.15. The molecule has 0 bridgehead atoms. The van der Waals surface area contributed by atoms with Gasteiger partial charge in [-0.3, -0.25) is 0 Å². The van der Waals surface area contributed by atoms with Crippen molar-refractivity contribution in [3.63, 3.8) is 0 Å². The van der Waals surface area contributed by atoms with Crippen molar-refractivity contribution in [1.29, 1.82) is 0 Å². The molecule has 2 aliphatic heterocycles. The summed E-state index contributed by atoms with van der Waals surface area (Å²) in [5, 5.41) is 0. The second-order valence-electron chi connectivity index (χ2n) is 9.82. The summed E-state index contributed by atoms with van der Waals surface area (Å²) in [6.07, 6.45) is 3.48. The van der Waals surface area contributed by atoms with Gasteiger partial charge in [0.05, 0.1) is 23.7 Å². The smallest absolute Gasteiger partial charge is 0.410 e. The molecular formula is C25H35N5O3S. The Labute approximate surface area is 206 Å². The first kappa shape index (κ1) is 24.6. The molecule has 0 radical (unpaired) electrons. The summed E-state index contributed by atoms with van der Waals surface area (Å²) in [6, 6.07) is 9.82. The highest BCUT2D eigenvalue weighted by atomic mass is 32.2. The number of rotatable bonds is 4. The minimum Gasteiger partial charge on any atom is -0.444 e. The Balaban J connectivity index is 1.65. The van der Waals surface area contributed by atoms with Crippen molar-refractivity contribution < 1.29 is 14.3 Å². The maximum atomic E-state index is 12.6. The quantitative estimate of drug-likeness (QED) is 0.646. The highest BCUT2D eigenvalue weighted by Crippen LogP contribution is 2.44. The zero-order chi connectivity index (χ0) is 24.3. The number of amides is 1. The number of nitrogen functional groups attached to an aromatic ring is 1. The van der Waals surface area contributed by atoms with Gasteiger partial charge in [0.25, 0.3) is 0 Å². The molecule has 4 rings (SSSR count). The van der Waals surface area contributed by atoms with Crippen LogP contribution < -0.4 is 10.6 Å². The molecule has 34 heavy (non-hydrogen) atoms. The van der Waals surface area contributed by atoms with Gasteiger partial charge in [0, 0.05) is 43.5 Å². The van der Waals surface area contributed by atoms with Crippen LogP contribution in [0.25, 0.3) is 11.4 Å². The van der Waals surface area contributed by atoms with Crippen molar-refractivity contribution >= 4 is 29.4 Å². The van der Waals surface area contributed by atoms with Crippen LogP contribution in [0, 0.1) is 0 Å². The number of benzene rings is 1. The number of thioether (sulfide) groups is 1. The fourth-order valence-corrected chi connectivity index (χ4v) is 5.23. The fraction of sp³-hybridized carbons (Fsp3) is 0.560. The van der Waals surface area contributed by atoms with Gasteiger partial charge in [-0.25, -0.2) is 14.8 Å². The predicted molar refractivity (Wildman–Crippen MR) is 137 cm³/mol. The fourth-order valence-electron chi connectivity index (χ4n) is 4.33. The van der Waals surface area contributed by atoms with Crippen LogP contribution >= 0.6 is 11.8 Å². The average molecular weight is 486 g/mol. The van der Waals surface area contributed by atoms with E-state index < -0.39 is 5.60 Å². The van der Waals surface area contributed by atoms with Crippen LogP contribution in [0.1, 0.15) is 39.3 Å². The zero-order valence-electron chi connectivity index (χ0n) is 20.5. The molecule has 0 atom stereocenters. The van der Waals surface area contributed by atoms with Gasteiger partial charge in [-0.1, -0.05) is 0 Å². The molecule has 0 saturated carbocycles. The van der Waals surface area contributed by atoms with E-state index in [0.717, 1.165) is 43.0 Å². The Hall–Kier alpha value is -2.52. The average Bonchev–Trinajstić information content (AvgIpc) is 2.84. The molecule has 2 aliphatic rings. The minimum absolute atomic E-state index is 0.203. The van der Waals surface area contributed by atoms with Crippen molar-refractivity contribution in [3.8, 4) is 11.4 Å². The van der Waals surface area contributed by atoms with Crippen LogP contribution in [-0.2, 0) is 14.2 Å². The van der Waals surface area contributed by atoms with Crippen molar-refractivity contribution in [2.45, 2.75) is 44.0 Å². The number of carbonyl (C=O) groups excluding carboxylic acids is 1. The van der Waals surface area contributed by atoms with Gasteiger partial charge in [-0.05, 0) is 64.1 Å². The van der Waals surface area contributed by atoms with E-state index in [1.807, 2.05) is 49.9 Å². The van der Waals surface area contributed by atoms with E-state index >= 15 is 0 Å². The highest BCUT2D eigenvalue weighted by molar-refractivity contribution is 7.99. The van der Waals surface area contributed by atoms with Crippen molar-refractivity contribution in [2.24, 2.45) is 0 Å². The largest absolute Gasteiger partial charge is 0.444 e. The Morgan fingerprint density at radius 1 is 1.09 bits per heavy atom. The van der Waals surface area contributed by atoms with Gasteiger partial charge in [-0.2, -0.15) is 11.8 Å². The Morgan fingerprint density at radius 2 is 1.74 bits per heavy atom. The Morgan fingerprint density at radius 3 is 2.32 bits per heavy atom. The van der Waals surface area contributed by atoms with E-state index in [2.05, 4.69) is 17.2 Å². The first-order valence-corrected chi connectivity index (χ1v) is 13.0. The summed E-state index contributed by atoms with van der Waals surface area (Å²) in [5.41, 5.74) is 8.06. The molecule has 184 valence electrons. The lowest BCUT2D eigenvalue weighted by atomic mass is 9.91. The highest BCUT2D eigenvalue weighted by Gasteiger charge is 2.40. The molecule has 3 heterocycles. The molecule has 9 heteroatoms. The van der Waals surface area contributed by atoms with Crippen molar-refractivity contribution in [3.05, 3.63) is 36.0 Å². The first-order valence-electron chi connectivity index (χ1n) is 11.8. The molecule has 1 aromatic heterocycles. The molecule has 2 N–H and O–H groups in total. The van der Waals surface area contributed by atoms with E-state index in [9.17, 15) is 4.79 Å². The van der Waals surface area contributed by atoms with Crippen LogP contribution in [0.15, 0.2) is 30.3 Å². The summed E-state index contributed by atoms with van der Waals surface area (Å²) < 4.78 is 10.9. The van der Waals surface area contributed by atoms with Gasteiger partial charge >= 0.3 is 6.09 Å². The van der Waals surface area contributed by atoms with Crippen LogP contribution in [0.5, 0.6) is 0 Å². The molecular weight excluding hydrogens is 450 g/mol. The zero-order valence-corrected chi connectivity index (χ0v) is 21.4. The number of aromatic nitrogens is 2. The Kier molecular flexibility index (Phi) is 7.23. The first-order chi connectivity index (χ1) is 16.2. The summed E-state index contributed by atoms with van der Waals surface area (Å²) in [4.78, 5) is 26.7. The number of ether oxygens (including phenoxy) is 2. The third kappa shape index (κ3) is 5.58. The van der Waals surface area contributed by atoms with Crippen LogP contribution in [0.2, 0.25) is 0 Å². The third-order valence-electron chi connectivity index (χ3n) is 6.30. The summed E-state index contributed by atoms with van der Waals surface area (Å²) in [6.45, 7) is 9.93. The second-order valence-corrected chi connectivity index (χ2v) is 11.0. The number of likely N-dealkylation sites (tertiary alicyclic amines) is 1. The van der Waals surface area contributed by atoms with Crippen molar-refractivity contribution in [2.75, 3.05) is 56.3 Å². The standard InChI is InChI=1S/C25H35N5O3S/c1-24(2,3)33-23(31)30-11-9-25(34-4,10-12-30)20-17-21(29-13-15-32-16-14-29)28-22(27-20)18-5-7-19(26)8-6-18/h5-8,17H,9-16,26H2,1-4H3. The lowest BCUT2D eigenvalue weighted by Crippen LogP contribution is -2.46. The number of piperidine rings is 1. The van der Waals surface area contributed by atoms with E-state index in [4.69, 9.17) is 25.2 Å². The molecule has 0 aliphatic carbocycles. The lowest BCUT2D eigenvalue weighted by molar-refractivity contribution is 0.0195. The van der Waals surface area contributed by atoms with Crippen LogP contribution in [0.4, 0.5) is 16.3 Å².